The maximum Gasteiger partial charge on any atom is 0.271 e. The smallest absolute Gasteiger partial charge is 0.271 e. The zero-order valence-corrected chi connectivity index (χ0v) is 23.0. The van der Waals surface area contributed by atoms with Crippen molar-refractivity contribution in [3.8, 4) is 0 Å². The fraction of sp³-hybridized carbons (Fsp3) is 0.885. The average molecular weight is 505 g/mol. The van der Waals surface area contributed by atoms with E-state index in [-0.39, 0.29) is 13.2 Å². The molecule has 0 atom stereocenters. The number of amidine groups is 1. The second kappa shape index (κ2) is 22.5. The van der Waals surface area contributed by atoms with E-state index in [1.807, 2.05) is 0 Å². The molecule has 1 aliphatic rings. The summed E-state index contributed by atoms with van der Waals surface area (Å²) < 4.78 is 34.3. The van der Waals surface area contributed by atoms with Gasteiger partial charge in [0.15, 0.2) is 0 Å². The summed E-state index contributed by atoms with van der Waals surface area (Å²) in [5.41, 5.74) is 0. The molecule has 0 unspecified atom stereocenters. The summed E-state index contributed by atoms with van der Waals surface area (Å²) in [6, 6.07) is 0. The summed E-state index contributed by atoms with van der Waals surface area (Å²) in [7, 11) is -4.42. The van der Waals surface area contributed by atoms with Crippen LogP contribution in [-0.2, 0) is 14.6 Å². The van der Waals surface area contributed by atoms with Crippen molar-refractivity contribution in [1.29, 1.82) is 0 Å². The van der Waals surface area contributed by atoms with Gasteiger partial charge in [0.2, 0.25) is 10.4 Å². The Kier molecular flexibility index (Phi) is 21.9. The first-order valence-corrected chi connectivity index (χ1v) is 15.0. The molecule has 8 heteroatoms. The van der Waals surface area contributed by atoms with Crippen molar-refractivity contribution in [2.24, 2.45) is 0 Å². The Balaban J connectivity index is 0.00000135. The normalized spacial score (nSPS) is 14.2. The highest BCUT2D eigenvalue weighted by Crippen LogP contribution is 2.13. The summed E-state index contributed by atoms with van der Waals surface area (Å²) in [4.78, 5) is 2.41. The fourth-order valence-corrected chi connectivity index (χ4v) is 4.45. The van der Waals surface area contributed by atoms with Crippen LogP contribution in [0.2, 0.25) is 0 Å². The molecule has 34 heavy (non-hydrogen) atoms. The third kappa shape index (κ3) is 19.4. The van der Waals surface area contributed by atoms with E-state index in [2.05, 4.69) is 39.7 Å². The van der Waals surface area contributed by atoms with Gasteiger partial charge in [0.25, 0.3) is 5.84 Å². The molecule has 0 aliphatic carbocycles. The second-order valence-corrected chi connectivity index (χ2v) is 9.95. The third-order valence-corrected chi connectivity index (χ3v) is 6.57. The largest absolute Gasteiger partial charge is 0.726 e. The molecule has 1 rings (SSSR count). The molecule has 0 fully saturated rings. The van der Waals surface area contributed by atoms with Gasteiger partial charge >= 0.3 is 0 Å². The Morgan fingerprint density at radius 1 is 0.941 bits per heavy atom. The number of β-amino-alcohol motifs (C(OH)–C–C–N with tert-alkyl or cyclic N) is 1. The zero-order valence-electron chi connectivity index (χ0n) is 22.2. The molecular weight excluding hydrogens is 452 g/mol. The monoisotopic (exact) mass is 504 g/mol. The van der Waals surface area contributed by atoms with Gasteiger partial charge in [0, 0.05) is 6.08 Å². The van der Waals surface area contributed by atoms with Crippen LogP contribution in [0.3, 0.4) is 0 Å². The minimum Gasteiger partial charge on any atom is -0.726 e. The van der Waals surface area contributed by atoms with Crippen molar-refractivity contribution < 1.29 is 26.8 Å². The summed E-state index contributed by atoms with van der Waals surface area (Å²) in [6.07, 6.45) is 24.2. The van der Waals surface area contributed by atoms with Crippen molar-refractivity contribution in [1.82, 2.24) is 4.90 Å². The molecule has 0 aromatic heterocycles. The molecule has 0 saturated carbocycles. The van der Waals surface area contributed by atoms with Crippen LogP contribution in [0.4, 0.5) is 0 Å². The lowest BCUT2D eigenvalue weighted by molar-refractivity contribution is -0.519. The number of aliphatic hydroxyl groups excluding tert-OH is 1. The van der Waals surface area contributed by atoms with Gasteiger partial charge in [-0.05, 0) is 26.7 Å². The molecule has 0 aromatic rings. The molecule has 0 amide bonds. The number of hydrogen-bond donors (Lipinski definition) is 1. The first-order valence-electron chi connectivity index (χ1n) is 13.6. The molecule has 1 N–H and O–H groups in total. The Bertz CT molecular complexity index is 635. The fourth-order valence-electron chi connectivity index (χ4n) is 4.16. The Morgan fingerprint density at radius 2 is 1.47 bits per heavy atom. The topological polar surface area (TPSA) is 92.9 Å². The van der Waals surface area contributed by atoms with Crippen LogP contribution in [0.5, 0.6) is 0 Å². The molecule has 0 radical (unpaired) electrons. The molecule has 0 bridgehead atoms. The van der Waals surface area contributed by atoms with Gasteiger partial charge in [-0.1, -0.05) is 90.0 Å². The maximum absolute atomic E-state index is 9.45. The van der Waals surface area contributed by atoms with Crippen LogP contribution in [0.25, 0.3) is 0 Å². The second-order valence-electron chi connectivity index (χ2n) is 8.90. The first-order chi connectivity index (χ1) is 16.4. The minimum atomic E-state index is -4.42. The highest BCUT2D eigenvalue weighted by atomic mass is 32.3. The lowest BCUT2D eigenvalue weighted by Crippen LogP contribution is -2.28. The lowest BCUT2D eigenvalue weighted by Gasteiger charge is -2.07. The maximum atomic E-state index is 9.45. The van der Waals surface area contributed by atoms with Gasteiger partial charge in [-0.25, -0.2) is 8.42 Å². The predicted octanol–water partition coefficient (Wildman–Crippen LogP) is 5.25. The number of rotatable bonds is 20. The van der Waals surface area contributed by atoms with E-state index in [1.165, 1.54) is 103 Å². The molecular formula is C26H52N2O5S. The van der Waals surface area contributed by atoms with Crippen molar-refractivity contribution in [2.75, 3.05) is 39.4 Å². The standard InChI is InChI=1S/C24H47N2O.C2H6O4S/c1-3-5-6-7-8-9-10-11-12-13-14-15-16-17-18-19-24-25(4-2)20-21-26(24)22-23-27;1-2-6-7(3,4)5/h18-19,27H,3-17,20-23H2,1-2H3;2H2,1H3,(H,3,4,5)/q+1;/p-1/b19-18+;. The Morgan fingerprint density at radius 3 is 1.88 bits per heavy atom. The van der Waals surface area contributed by atoms with Gasteiger partial charge in [-0.3, -0.25) is 13.7 Å². The van der Waals surface area contributed by atoms with E-state index in [0.717, 1.165) is 26.2 Å². The number of hydrogen-bond acceptors (Lipinski definition) is 6. The molecule has 1 aliphatic heterocycles. The zero-order chi connectivity index (χ0) is 25.5. The van der Waals surface area contributed by atoms with Crippen molar-refractivity contribution in [2.45, 2.75) is 111 Å². The van der Waals surface area contributed by atoms with Crippen LogP contribution in [0, 0.1) is 0 Å². The molecule has 1 heterocycles. The van der Waals surface area contributed by atoms with Gasteiger partial charge in [-0.2, -0.15) is 0 Å². The van der Waals surface area contributed by atoms with Crippen LogP contribution >= 0.6 is 0 Å². The van der Waals surface area contributed by atoms with E-state index in [0.29, 0.717) is 0 Å². The van der Waals surface area contributed by atoms with Crippen LogP contribution in [0.15, 0.2) is 12.2 Å². The van der Waals surface area contributed by atoms with Crippen LogP contribution in [-0.4, -0.2) is 72.8 Å². The summed E-state index contributed by atoms with van der Waals surface area (Å²) >= 11 is 0. The van der Waals surface area contributed by atoms with Gasteiger partial charge in [-0.15, -0.1) is 0 Å². The highest BCUT2D eigenvalue weighted by Gasteiger charge is 2.26. The highest BCUT2D eigenvalue weighted by molar-refractivity contribution is 7.80. The van der Waals surface area contributed by atoms with Crippen LogP contribution < -0.4 is 0 Å². The summed E-state index contributed by atoms with van der Waals surface area (Å²) in [5.74, 6) is 1.31. The average Bonchev–Trinajstić information content (AvgIpc) is 3.18. The molecule has 7 nitrogen and oxygen atoms in total. The van der Waals surface area contributed by atoms with Crippen LogP contribution in [0.1, 0.15) is 111 Å². The van der Waals surface area contributed by atoms with E-state index in [1.54, 1.807) is 0 Å². The SMILES string of the molecule is CCCCCCCCCCCCCCC/C=C/C1=[N+](CCO)CCN1CC.CCOS(=O)(=O)[O-]. The molecule has 0 aromatic carbocycles. The van der Waals surface area contributed by atoms with Crippen molar-refractivity contribution in [3.63, 3.8) is 0 Å². The summed E-state index contributed by atoms with van der Waals surface area (Å²) in [5, 5.41) is 9.21. The van der Waals surface area contributed by atoms with Crippen molar-refractivity contribution in [3.05, 3.63) is 12.2 Å². The number of unbranched alkanes of at least 4 members (excludes halogenated alkanes) is 13. The molecule has 0 saturated heterocycles. The van der Waals surface area contributed by atoms with Gasteiger partial charge in [0.05, 0.1) is 19.8 Å². The van der Waals surface area contributed by atoms with Gasteiger partial charge < -0.3 is 9.66 Å². The van der Waals surface area contributed by atoms with E-state index < -0.39 is 10.4 Å². The predicted molar refractivity (Wildman–Crippen MR) is 140 cm³/mol. The number of allylic oxidation sites excluding steroid dienone is 1. The molecule has 0 spiro atoms. The first kappa shape index (κ1) is 33.0. The minimum absolute atomic E-state index is 0.0914. The third-order valence-electron chi connectivity index (χ3n) is 6.04. The number of nitrogens with zero attached hydrogens (tertiary/aromatic N) is 2. The van der Waals surface area contributed by atoms with E-state index >= 15 is 0 Å². The van der Waals surface area contributed by atoms with E-state index in [9.17, 15) is 18.1 Å². The Labute approximate surface area is 210 Å². The van der Waals surface area contributed by atoms with Gasteiger partial charge in [0.1, 0.15) is 19.6 Å². The van der Waals surface area contributed by atoms with Crippen molar-refractivity contribution >= 4 is 16.2 Å². The molecule has 202 valence electrons. The van der Waals surface area contributed by atoms with E-state index in [4.69, 9.17) is 0 Å². The number of likely N-dealkylation sites (N-methyl/N-ethyl adjacent to an activating group) is 1. The Hall–Kier alpha value is -0.960. The number of aliphatic hydroxyl groups is 1. The lowest BCUT2D eigenvalue weighted by atomic mass is 10.0. The summed E-state index contributed by atoms with van der Waals surface area (Å²) in [6.45, 7) is 10.0. The quantitative estimate of drug-likeness (QED) is 0.105.